The fraction of sp³-hybridized carbons (Fsp3) is 0.545. The molecule has 0 aliphatic carbocycles. The van der Waals surface area contributed by atoms with Gasteiger partial charge in [0.05, 0.1) is 0 Å². The molecule has 6 heteroatoms. The van der Waals surface area contributed by atoms with Crippen molar-refractivity contribution in [2.45, 2.75) is 31.7 Å². The zero-order valence-corrected chi connectivity index (χ0v) is 10.3. The Hall–Kier alpha value is -1.36. The Morgan fingerprint density at radius 2 is 2.35 bits per heavy atom. The molecule has 1 fully saturated rings. The van der Waals surface area contributed by atoms with Gasteiger partial charge in [-0.2, -0.15) is 0 Å². The Morgan fingerprint density at radius 1 is 1.59 bits per heavy atom. The van der Waals surface area contributed by atoms with Crippen LogP contribution in [0.5, 0.6) is 0 Å². The minimum absolute atomic E-state index is 0.311. The van der Waals surface area contributed by atoms with Crippen LogP contribution in [0.1, 0.15) is 26.2 Å². The maximum atomic E-state index is 11.5. The van der Waals surface area contributed by atoms with Gasteiger partial charge in [-0.3, -0.25) is 0 Å². The molecule has 1 saturated heterocycles. The highest BCUT2D eigenvalue weighted by atomic mass is 35.5. The first kappa shape index (κ1) is 12.1. The van der Waals surface area contributed by atoms with Gasteiger partial charge in [0.2, 0.25) is 0 Å². The Morgan fingerprint density at radius 3 is 2.88 bits per heavy atom. The van der Waals surface area contributed by atoms with Crippen LogP contribution in [0.2, 0.25) is 5.15 Å². The van der Waals surface area contributed by atoms with E-state index in [1.807, 2.05) is 11.8 Å². The normalized spacial score (nSPS) is 24.0. The number of halogens is 1. The highest BCUT2D eigenvalue weighted by Gasteiger charge is 2.46. The van der Waals surface area contributed by atoms with E-state index in [2.05, 4.69) is 10.2 Å². The standard InChI is InChI=1S/C11H14ClN3O2/c1-2-11(10(16)17)6-3-7-15(11)9-5-4-8(12)13-14-9/h4-5H,2-3,6-7H2,1H3,(H,16,17). The second-order valence-corrected chi connectivity index (χ2v) is 4.55. The van der Waals surface area contributed by atoms with Crippen LogP contribution in [-0.4, -0.2) is 33.4 Å². The summed E-state index contributed by atoms with van der Waals surface area (Å²) in [6.45, 7) is 2.58. The van der Waals surface area contributed by atoms with Crippen molar-refractivity contribution in [2.24, 2.45) is 0 Å². The smallest absolute Gasteiger partial charge is 0.329 e. The molecule has 5 nitrogen and oxygen atoms in total. The van der Waals surface area contributed by atoms with Crippen LogP contribution in [0.3, 0.4) is 0 Å². The number of carbonyl (C=O) groups is 1. The van der Waals surface area contributed by atoms with Gasteiger partial charge in [0.15, 0.2) is 11.0 Å². The number of anilines is 1. The van der Waals surface area contributed by atoms with E-state index in [0.29, 0.717) is 30.4 Å². The Bertz CT molecular complexity index is 423. The second-order valence-electron chi connectivity index (χ2n) is 4.16. The van der Waals surface area contributed by atoms with Crippen LogP contribution in [-0.2, 0) is 4.79 Å². The van der Waals surface area contributed by atoms with Crippen LogP contribution in [0.25, 0.3) is 0 Å². The molecular weight excluding hydrogens is 242 g/mol. The first-order chi connectivity index (χ1) is 8.10. The average molecular weight is 256 g/mol. The predicted molar refractivity (Wildman–Crippen MR) is 64.3 cm³/mol. The van der Waals surface area contributed by atoms with E-state index in [1.54, 1.807) is 12.1 Å². The molecule has 1 unspecified atom stereocenters. The Kier molecular flexibility index (Phi) is 3.19. The molecule has 92 valence electrons. The van der Waals surface area contributed by atoms with Crippen molar-refractivity contribution < 1.29 is 9.90 Å². The molecule has 0 spiro atoms. The van der Waals surface area contributed by atoms with E-state index >= 15 is 0 Å². The molecule has 1 aromatic heterocycles. The molecule has 1 aliphatic heterocycles. The summed E-state index contributed by atoms with van der Waals surface area (Å²) in [5, 5.41) is 17.5. The quantitative estimate of drug-likeness (QED) is 0.894. The number of rotatable bonds is 3. The Labute approximate surface area is 104 Å². The zero-order valence-electron chi connectivity index (χ0n) is 9.56. The largest absolute Gasteiger partial charge is 0.479 e. The molecule has 1 aromatic rings. The number of hydrogen-bond acceptors (Lipinski definition) is 4. The van der Waals surface area contributed by atoms with Crippen molar-refractivity contribution >= 4 is 23.4 Å². The third-order valence-corrected chi connectivity index (χ3v) is 3.57. The summed E-state index contributed by atoms with van der Waals surface area (Å²) in [7, 11) is 0. The molecule has 2 heterocycles. The summed E-state index contributed by atoms with van der Waals surface area (Å²) in [4.78, 5) is 13.3. The van der Waals surface area contributed by atoms with E-state index in [-0.39, 0.29) is 0 Å². The van der Waals surface area contributed by atoms with Gasteiger partial charge in [-0.1, -0.05) is 18.5 Å². The molecule has 1 N–H and O–H groups in total. The summed E-state index contributed by atoms with van der Waals surface area (Å²) in [6, 6.07) is 3.35. The van der Waals surface area contributed by atoms with Crippen molar-refractivity contribution in [3.05, 3.63) is 17.3 Å². The van der Waals surface area contributed by atoms with Gasteiger partial charge < -0.3 is 10.0 Å². The third-order valence-electron chi connectivity index (χ3n) is 3.37. The van der Waals surface area contributed by atoms with Gasteiger partial charge in [-0.15, -0.1) is 10.2 Å². The third kappa shape index (κ3) is 1.95. The predicted octanol–water partition coefficient (Wildman–Crippen LogP) is 1.96. The van der Waals surface area contributed by atoms with Crippen LogP contribution < -0.4 is 4.90 Å². The van der Waals surface area contributed by atoms with Gasteiger partial charge in [0.1, 0.15) is 5.54 Å². The van der Waals surface area contributed by atoms with Crippen LogP contribution >= 0.6 is 11.6 Å². The summed E-state index contributed by atoms with van der Waals surface area (Å²) < 4.78 is 0. The molecule has 1 atom stereocenters. The number of carboxylic acids is 1. The average Bonchev–Trinajstić information content (AvgIpc) is 2.75. The van der Waals surface area contributed by atoms with Crippen molar-refractivity contribution in [1.29, 1.82) is 0 Å². The van der Waals surface area contributed by atoms with Crippen molar-refractivity contribution in [3.8, 4) is 0 Å². The summed E-state index contributed by atoms with van der Waals surface area (Å²) >= 11 is 5.68. The molecule has 17 heavy (non-hydrogen) atoms. The minimum Gasteiger partial charge on any atom is -0.479 e. The SMILES string of the molecule is CCC1(C(=O)O)CCCN1c1ccc(Cl)nn1. The van der Waals surface area contributed by atoms with Crippen LogP contribution in [0, 0.1) is 0 Å². The molecular formula is C11H14ClN3O2. The fourth-order valence-electron chi connectivity index (χ4n) is 2.41. The van der Waals surface area contributed by atoms with E-state index < -0.39 is 11.5 Å². The van der Waals surface area contributed by atoms with E-state index in [9.17, 15) is 9.90 Å². The van der Waals surface area contributed by atoms with Crippen molar-refractivity contribution in [3.63, 3.8) is 0 Å². The molecule has 0 saturated carbocycles. The minimum atomic E-state index is -0.845. The van der Waals surface area contributed by atoms with Gasteiger partial charge in [0.25, 0.3) is 0 Å². The summed E-state index contributed by atoms with van der Waals surface area (Å²) in [5.41, 5.74) is -0.845. The van der Waals surface area contributed by atoms with Crippen molar-refractivity contribution in [1.82, 2.24) is 10.2 Å². The maximum absolute atomic E-state index is 11.5. The van der Waals surface area contributed by atoms with Crippen LogP contribution in [0.15, 0.2) is 12.1 Å². The maximum Gasteiger partial charge on any atom is 0.329 e. The fourth-order valence-corrected chi connectivity index (χ4v) is 2.51. The second kappa shape index (κ2) is 4.49. The lowest BCUT2D eigenvalue weighted by atomic mass is 9.93. The van der Waals surface area contributed by atoms with E-state index in [1.165, 1.54) is 0 Å². The van der Waals surface area contributed by atoms with Crippen molar-refractivity contribution in [2.75, 3.05) is 11.4 Å². The number of aromatic nitrogens is 2. The molecule has 0 bridgehead atoms. The summed E-state index contributed by atoms with van der Waals surface area (Å²) in [5.74, 6) is -0.217. The highest BCUT2D eigenvalue weighted by molar-refractivity contribution is 6.29. The molecule has 2 rings (SSSR count). The number of carboxylic acid groups (broad SMARTS) is 1. The van der Waals surface area contributed by atoms with Crippen LogP contribution in [0.4, 0.5) is 5.82 Å². The van der Waals surface area contributed by atoms with E-state index in [4.69, 9.17) is 11.6 Å². The van der Waals surface area contributed by atoms with Gasteiger partial charge >= 0.3 is 5.97 Å². The Balaban J connectivity index is 2.37. The topological polar surface area (TPSA) is 66.3 Å². The monoisotopic (exact) mass is 255 g/mol. The number of nitrogens with zero attached hydrogens (tertiary/aromatic N) is 3. The zero-order chi connectivity index (χ0) is 12.5. The highest BCUT2D eigenvalue weighted by Crippen LogP contribution is 2.35. The first-order valence-electron chi connectivity index (χ1n) is 5.60. The molecule has 0 aromatic carbocycles. The van der Waals surface area contributed by atoms with Gasteiger partial charge in [-0.25, -0.2) is 4.79 Å². The molecule has 1 aliphatic rings. The number of aliphatic carboxylic acids is 1. The lowest BCUT2D eigenvalue weighted by Crippen LogP contribution is -2.50. The van der Waals surface area contributed by atoms with Gasteiger partial charge in [-0.05, 0) is 31.4 Å². The molecule has 0 amide bonds. The summed E-state index contributed by atoms with van der Waals surface area (Å²) in [6.07, 6.45) is 2.04. The van der Waals surface area contributed by atoms with Gasteiger partial charge in [0, 0.05) is 6.54 Å². The number of hydrogen-bond donors (Lipinski definition) is 1. The molecule has 0 radical (unpaired) electrons. The lowest BCUT2D eigenvalue weighted by molar-refractivity contribution is -0.143. The van der Waals surface area contributed by atoms with E-state index in [0.717, 1.165) is 6.42 Å². The first-order valence-corrected chi connectivity index (χ1v) is 5.98. The lowest BCUT2D eigenvalue weighted by Gasteiger charge is -2.34.